The molecule has 0 heterocycles. The fourth-order valence-corrected chi connectivity index (χ4v) is 1.30. The third-order valence-electron chi connectivity index (χ3n) is 1.91. The van der Waals surface area contributed by atoms with Crippen molar-refractivity contribution in [2.45, 2.75) is 20.3 Å². The van der Waals surface area contributed by atoms with Gasteiger partial charge in [0.15, 0.2) is 0 Å². The van der Waals surface area contributed by atoms with Gasteiger partial charge in [0.2, 0.25) is 0 Å². The zero-order chi connectivity index (χ0) is 9.68. The summed E-state index contributed by atoms with van der Waals surface area (Å²) in [4.78, 5) is 0. The van der Waals surface area contributed by atoms with Crippen molar-refractivity contribution in [3.8, 4) is 0 Å². The van der Waals surface area contributed by atoms with E-state index in [0.29, 0.717) is 0 Å². The molecule has 1 rings (SSSR count). The molecule has 0 spiro atoms. The fourth-order valence-electron chi connectivity index (χ4n) is 1.30. The number of allylic oxidation sites excluding steroid dienone is 1. The van der Waals surface area contributed by atoms with E-state index < -0.39 is 0 Å². The summed E-state index contributed by atoms with van der Waals surface area (Å²) in [5, 5.41) is 0. The van der Waals surface area contributed by atoms with Crippen LogP contribution in [0.4, 0.5) is 0 Å². The lowest BCUT2D eigenvalue weighted by Gasteiger charge is -2.06. The van der Waals surface area contributed by atoms with Gasteiger partial charge in [-0.05, 0) is 25.5 Å². The molecule has 0 fully saturated rings. The lowest BCUT2D eigenvalue weighted by Crippen LogP contribution is -1.87. The molecular formula is C12H16O. The third-order valence-corrected chi connectivity index (χ3v) is 1.91. The van der Waals surface area contributed by atoms with E-state index in [4.69, 9.17) is 4.74 Å². The Balaban J connectivity index is 2.98. The van der Waals surface area contributed by atoms with Crippen LogP contribution in [0.1, 0.15) is 24.5 Å². The molecule has 0 saturated carbocycles. The van der Waals surface area contributed by atoms with Crippen LogP contribution in [0.15, 0.2) is 30.3 Å². The second-order valence-corrected chi connectivity index (χ2v) is 3.05. The number of hydrogen-bond donors (Lipinski definition) is 0. The lowest BCUT2D eigenvalue weighted by atomic mass is 10.1. The molecule has 13 heavy (non-hydrogen) atoms. The van der Waals surface area contributed by atoms with Gasteiger partial charge in [-0.3, -0.25) is 0 Å². The number of rotatable bonds is 3. The number of benzene rings is 1. The van der Waals surface area contributed by atoms with E-state index in [1.807, 2.05) is 6.07 Å². The fraction of sp³-hybridized carbons (Fsp3) is 0.333. The van der Waals surface area contributed by atoms with Crippen molar-refractivity contribution in [1.82, 2.24) is 0 Å². The van der Waals surface area contributed by atoms with Crippen LogP contribution in [-0.2, 0) is 4.74 Å². The number of aryl methyl sites for hydroxylation is 1. The SMILES string of the molecule is CCC=C(OC)c1cccc(C)c1. The molecule has 70 valence electrons. The zero-order valence-corrected chi connectivity index (χ0v) is 8.50. The van der Waals surface area contributed by atoms with Crippen LogP contribution in [-0.4, -0.2) is 7.11 Å². The standard InChI is InChI=1S/C12H16O/c1-4-6-12(13-3)11-8-5-7-10(2)9-11/h5-9H,4H2,1-3H3. The van der Waals surface area contributed by atoms with Gasteiger partial charge in [-0.1, -0.05) is 30.7 Å². The largest absolute Gasteiger partial charge is 0.496 e. The van der Waals surface area contributed by atoms with Crippen LogP contribution in [0.25, 0.3) is 5.76 Å². The first-order valence-corrected chi connectivity index (χ1v) is 4.59. The summed E-state index contributed by atoms with van der Waals surface area (Å²) in [7, 11) is 1.71. The number of methoxy groups -OCH3 is 1. The monoisotopic (exact) mass is 176 g/mol. The molecule has 0 atom stereocenters. The van der Waals surface area contributed by atoms with E-state index in [1.54, 1.807) is 7.11 Å². The Morgan fingerprint density at radius 3 is 2.77 bits per heavy atom. The van der Waals surface area contributed by atoms with Crippen molar-refractivity contribution in [2.75, 3.05) is 7.11 Å². The molecule has 1 aromatic carbocycles. The van der Waals surface area contributed by atoms with Gasteiger partial charge in [0, 0.05) is 5.56 Å². The highest BCUT2D eigenvalue weighted by Gasteiger charge is 1.99. The van der Waals surface area contributed by atoms with Crippen LogP contribution < -0.4 is 0 Å². The highest BCUT2D eigenvalue weighted by Crippen LogP contribution is 2.16. The van der Waals surface area contributed by atoms with Crippen molar-refractivity contribution in [1.29, 1.82) is 0 Å². The molecule has 0 radical (unpaired) electrons. The third kappa shape index (κ3) is 2.62. The lowest BCUT2D eigenvalue weighted by molar-refractivity contribution is 0.369. The van der Waals surface area contributed by atoms with Gasteiger partial charge in [0.1, 0.15) is 5.76 Å². The molecule has 1 heteroatoms. The van der Waals surface area contributed by atoms with Gasteiger partial charge in [-0.25, -0.2) is 0 Å². The Morgan fingerprint density at radius 1 is 1.46 bits per heavy atom. The molecule has 1 aromatic rings. The quantitative estimate of drug-likeness (QED) is 0.641. The van der Waals surface area contributed by atoms with Gasteiger partial charge in [-0.15, -0.1) is 0 Å². The summed E-state index contributed by atoms with van der Waals surface area (Å²) in [5.41, 5.74) is 2.42. The Hall–Kier alpha value is -1.24. The van der Waals surface area contributed by atoms with Crippen LogP contribution in [0, 0.1) is 6.92 Å². The minimum Gasteiger partial charge on any atom is -0.496 e. The highest BCUT2D eigenvalue weighted by molar-refractivity contribution is 5.60. The average Bonchev–Trinajstić information content (AvgIpc) is 2.14. The number of hydrogen-bond acceptors (Lipinski definition) is 1. The topological polar surface area (TPSA) is 9.23 Å². The summed E-state index contributed by atoms with van der Waals surface area (Å²) in [6, 6.07) is 8.33. The van der Waals surface area contributed by atoms with Gasteiger partial charge in [0.05, 0.1) is 7.11 Å². The Labute approximate surface area is 80.0 Å². The van der Waals surface area contributed by atoms with Crippen LogP contribution in [0.2, 0.25) is 0 Å². The summed E-state index contributed by atoms with van der Waals surface area (Å²) >= 11 is 0. The van der Waals surface area contributed by atoms with E-state index in [1.165, 1.54) is 5.56 Å². The normalized spacial score (nSPS) is 11.5. The number of ether oxygens (including phenoxy) is 1. The van der Waals surface area contributed by atoms with E-state index in [-0.39, 0.29) is 0 Å². The summed E-state index contributed by atoms with van der Waals surface area (Å²) in [6.45, 7) is 4.19. The molecule has 0 amide bonds. The molecule has 0 aliphatic heterocycles. The Kier molecular flexibility index (Phi) is 3.56. The molecule has 1 nitrogen and oxygen atoms in total. The van der Waals surface area contributed by atoms with Gasteiger partial charge < -0.3 is 4.74 Å². The summed E-state index contributed by atoms with van der Waals surface area (Å²) < 4.78 is 5.29. The minimum absolute atomic E-state index is 0.964. The maximum absolute atomic E-state index is 5.29. The molecule has 0 saturated heterocycles. The molecule has 0 aliphatic rings. The van der Waals surface area contributed by atoms with Crippen LogP contribution in [0.3, 0.4) is 0 Å². The Bertz CT molecular complexity index is 300. The summed E-state index contributed by atoms with van der Waals surface area (Å²) in [5.74, 6) is 0.964. The molecular weight excluding hydrogens is 160 g/mol. The van der Waals surface area contributed by atoms with Crippen molar-refractivity contribution in [3.63, 3.8) is 0 Å². The van der Waals surface area contributed by atoms with E-state index in [0.717, 1.165) is 17.7 Å². The smallest absolute Gasteiger partial charge is 0.122 e. The van der Waals surface area contributed by atoms with E-state index >= 15 is 0 Å². The summed E-state index contributed by atoms with van der Waals surface area (Å²) in [6.07, 6.45) is 3.09. The Morgan fingerprint density at radius 2 is 2.23 bits per heavy atom. The van der Waals surface area contributed by atoms with Gasteiger partial charge >= 0.3 is 0 Å². The van der Waals surface area contributed by atoms with Crippen molar-refractivity contribution >= 4 is 5.76 Å². The van der Waals surface area contributed by atoms with Gasteiger partial charge in [-0.2, -0.15) is 0 Å². The average molecular weight is 176 g/mol. The second-order valence-electron chi connectivity index (χ2n) is 3.05. The molecule has 0 N–H and O–H groups in total. The van der Waals surface area contributed by atoms with Crippen LogP contribution in [0.5, 0.6) is 0 Å². The molecule has 0 aliphatic carbocycles. The zero-order valence-electron chi connectivity index (χ0n) is 8.50. The van der Waals surface area contributed by atoms with Crippen molar-refractivity contribution in [2.24, 2.45) is 0 Å². The first-order chi connectivity index (χ1) is 6.27. The predicted octanol–water partition coefficient (Wildman–Crippen LogP) is 3.39. The molecule has 0 aromatic heterocycles. The van der Waals surface area contributed by atoms with Crippen LogP contribution >= 0.6 is 0 Å². The van der Waals surface area contributed by atoms with E-state index in [9.17, 15) is 0 Å². The molecule has 0 unspecified atom stereocenters. The maximum atomic E-state index is 5.29. The predicted molar refractivity (Wildman–Crippen MR) is 56.5 cm³/mol. The van der Waals surface area contributed by atoms with Crippen molar-refractivity contribution in [3.05, 3.63) is 41.5 Å². The first-order valence-electron chi connectivity index (χ1n) is 4.59. The highest BCUT2D eigenvalue weighted by atomic mass is 16.5. The van der Waals surface area contributed by atoms with Crippen molar-refractivity contribution < 1.29 is 4.74 Å². The maximum Gasteiger partial charge on any atom is 0.122 e. The second kappa shape index (κ2) is 4.70. The minimum atomic E-state index is 0.964. The van der Waals surface area contributed by atoms with Gasteiger partial charge in [0.25, 0.3) is 0 Å². The van der Waals surface area contributed by atoms with E-state index in [2.05, 4.69) is 38.1 Å². The molecule has 0 bridgehead atoms. The first kappa shape index (κ1) is 9.85.